The number of thiophene rings is 2. The van der Waals surface area contributed by atoms with Crippen molar-refractivity contribution in [2.75, 3.05) is 11.9 Å². The number of ether oxygens (including phenoxy) is 1. The molecule has 0 aromatic carbocycles. The number of thiocarbonyl (C=S) groups is 1. The average Bonchev–Trinajstić information content (AvgIpc) is 3.16. The summed E-state index contributed by atoms with van der Waals surface area (Å²) in [7, 11) is 0. The highest BCUT2D eigenvalue weighted by Crippen LogP contribution is 2.38. The van der Waals surface area contributed by atoms with Gasteiger partial charge in [0.2, 0.25) is 0 Å². The first-order valence-corrected chi connectivity index (χ1v) is 11.3. The fraction of sp³-hybridized carbons (Fsp3) is 0.421. The van der Waals surface area contributed by atoms with Crippen molar-refractivity contribution in [3.8, 4) is 0 Å². The zero-order valence-electron chi connectivity index (χ0n) is 15.8. The Balaban J connectivity index is 1.71. The molecule has 6 nitrogen and oxygen atoms in total. The molecule has 0 fully saturated rings. The van der Waals surface area contributed by atoms with E-state index in [0.29, 0.717) is 22.0 Å². The quantitative estimate of drug-likeness (QED) is 0.288. The highest BCUT2D eigenvalue weighted by Gasteiger charge is 2.26. The highest BCUT2D eigenvalue weighted by molar-refractivity contribution is 7.80. The topological polar surface area (TPSA) is 79.5 Å². The number of carbonyl (C=O) groups is 2. The Bertz CT molecular complexity index is 888. The van der Waals surface area contributed by atoms with Crippen LogP contribution in [0.5, 0.6) is 0 Å². The number of aryl methyl sites for hydroxylation is 2. The highest BCUT2D eigenvalue weighted by atomic mass is 32.1. The van der Waals surface area contributed by atoms with Gasteiger partial charge < -0.3 is 10.1 Å². The van der Waals surface area contributed by atoms with Crippen LogP contribution in [0, 0.1) is 6.92 Å². The van der Waals surface area contributed by atoms with E-state index in [1.54, 1.807) is 24.3 Å². The van der Waals surface area contributed by atoms with Gasteiger partial charge in [-0.05, 0) is 69.4 Å². The van der Waals surface area contributed by atoms with Crippen LogP contribution in [-0.4, -0.2) is 23.6 Å². The molecule has 0 atom stereocenters. The van der Waals surface area contributed by atoms with Gasteiger partial charge in [-0.25, -0.2) is 4.79 Å². The van der Waals surface area contributed by atoms with Gasteiger partial charge in [0.15, 0.2) is 5.11 Å². The molecule has 150 valence electrons. The van der Waals surface area contributed by atoms with Crippen LogP contribution < -0.4 is 16.2 Å². The maximum absolute atomic E-state index is 12.6. The molecule has 0 radical (unpaired) electrons. The predicted octanol–water partition coefficient (Wildman–Crippen LogP) is 4.20. The lowest BCUT2D eigenvalue weighted by Gasteiger charge is -2.12. The smallest absolute Gasteiger partial charge is 0.341 e. The van der Waals surface area contributed by atoms with Crippen molar-refractivity contribution in [1.82, 2.24) is 10.9 Å². The van der Waals surface area contributed by atoms with E-state index in [0.717, 1.165) is 36.1 Å². The normalized spacial score (nSPS) is 13.2. The van der Waals surface area contributed by atoms with Gasteiger partial charge in [0.1, 0.15) is 5.00 Å². The first-order chi connectivity index (χ1) is 13.5. The third-order valence-corrected chi connectivity index (χ3v) is 6.79. The second kappa shape index (κ2) is 9.49. The SMILES string of the molecule is CCOC(=O)c1c(NC(=S)NNC(=O)c2ccc(C)s2)sc2c1CCCCC2. The minimum Gasteiger partial charge on any atom is -0.462 e. The molecule has 0 bridgehead atoms. The number of anilines is 1. The number of rotatable bonds is 4. The van der Waals surface area contributed by atoms with E-state index in [-0.39, 0.29) is 17.0 Å². The lowest BCUT2D eigenvalue weighted by atomic mass is 10.1. The van der Waals surface area contributed by atoms with Crippen molar-refractivity contribution in [2.24, 2.45) is 0 Å². The molecular weight excluding hydrogens is 414 g/mol. The molecule has 2 heterocycles. The summed E-state index contributed by atoms with van der Waals surface area (Å²) in [6, 6.07) is 3.66. The lowest BCUT2D eigenvalue weighted by Crippen LogP contribution is -2.43. The average molecular weight is 438 g/mol. The van der Waals surface area contributed by atoms with E-state index in [2.05, 4.69) is 16.2 Å². The maximum atomic E-state index is 12.6. The molecule has 1 amide bonds. The molecule has 9 heteroatoms. The summed E-state index contributed by atoms with van der Waals surface area (Å²) in [6.45, 7) is 4.06. The molecule has 2 aromatic rings. The molecule has 1 aliphatic carbocycles. The molecule has 0 aliphatic heterocycles. The van der Waals surface area contributed by atoms with Crippen molar-refractivity contribution in [3.05, 3.63) is 37.9 Å². The van der Waals surface area contributed by atoms with Crippen LogP contribution >= 0.6 is 34.9 Å². The van der Waals surface area contributed by atoms with Crippen molar-refractivity contribution in [3.63, 3.8) is 0 Å². The van der Waals surface area contributed by atoms with Crippen LogP contribution in [0.3, 0.4) is 0 Å². The number of hydrazine groups is 1. The van der Waals surface area contributed by atoms with Crippen LogP contribution in [0.15, 0.2) is 12.1 Å². The van der Waals surface area contributed by atoms with E-state index < -0.39 is 0 Å². The second-order valence-electron chi connectivity index (χ2n) is 6.43. The molecule has 2 aromatic heterocycles. The number of nitrogens with one attached hydrogen (secondary N) is 3. The Kier molecular flexibility index (Phi) is 7.03. The van der Waals surface area contributed by atoms with E-state index in [9.17, 15) is 9.59 Å². The number of carbonyl (C=O) groups excluding carboxylic acids is 2. The van der Waals surface area contributed by atoms with Gasteiger partial charge in [0.25, 0.3) is 5.91 Å². The summed E-state index contributed by atoms with van der Waals surface area (Å²) in [6.07, 6.45) is 5.18. The zero-order valence-corrected chi connectivity index (χ0v) is 18.3. The van der Waals surface area contributed by atoms with Gasteiger partial charge in [0.05, 0.1) is 17.0 Å². The summed E-state index contributed by atoms with van der Waals surface area (Å²) in [5, 5.41) is 3.96. The van der Waals surface area contributed by atoms with E-state index in [1.807, 2.05) is 13.0 Å². The molecule has 3 N–H and O–H groups in total. The molecule has 0 saturated heterocycles. The lowest BCUT2D eigenvalue weighted by molar-refractivity contribution is 0.0526. The Morgan fingerprint density at radius 3 is 2.64 bits per heavy atom. The van der Waals surface area contributed by atoms with Crippen LogP contribution in [-0.2, 0) is 17.6 Å². The summed E-state index contributed by atoms with van der Waals surface area (Å²) < 4.78 is 5.27. The third kappa shape index (κ3) is 4.89. The van der Waals surface area contributed by atoms with Crippen LogP contribution in [0.2, 0.25) is 0 Å². The molecule has 28 heavy (non-hydrogen) atoms. The maximum Gasteiger partial charge on any atom is 0.341 e. The fourth-order valence-corrected chi connectivity index (χ4v) is 5.38. The van der Waals surface area contributed by atoms with E-state index >= 15 is 0 Å². The van der Waals surface area contributed by atoms with Gasteiger partial charge in [-0.15, -0.1) is 22.7 Å². The van der Waals surface area contributed by atoms with Crippen molar-refractivity contribution < 1.29 is 14.3 Å². The Morgan fingerprint density at radius 2 is 1.93 bits per heavy atom. The molecule has 0 unspecified atom stereocenters. The summed E-state index contributed by atoms with van der Waals surface area (Å²) >= 11 is 8.26. The van der Waals surface area contributed by atoms with Crippen LogP contribution in [0.25, 0.3) is 0 Å². The standard InChI is InChI=1S/C19H23N3O3S3/c1-3-25-18(24)15-12-7-5-4-6-8-13(12)28-17(15)20-19(26)22-21-16(23)14-10-9-11(2)27-14/h9-10H,3-8H2,1-2H3,(H,21,23)(H2,20,22,26). The van der Waals surface area contributed by atoms with Gasteiger partial charge in [-0.2, -0.15) is 0 Å². The molecular formula is C19H23N3O3S3. The van der Waals surface area contributed by atoms with Gasteiger partial charge in [-0.1, -0.05) is 6.42 Å². The van der Waals surface area contributed by atoms with Crippen molar-refractivity contribution in [2.45, 2.75) is 46.0 Å². The fourth-order valence-electron chi connectivity index (χ4n) is 3.12. The molecule has 0 spiro atoms. The third-order valence-electron chi connectivity index (χ3n) is 4.38. The monoisotopic (exact) mass is 437 g/mol. The van der Waals surface area contributed by atoms with Crippen LogP contribution in [0.4, 0.5) is 5.00 Å². The van der Waals surface area contributed by atoms with Crippen LogP contribution in [0.1, 0.15) is 61.5 Å². The minimum absolute atomic E-state index is 0.226. The Morgan fingerprint density at radius 1 is 1.14 bits per heavy atom. The summed E-state index contributed by atoms with van der Waals surface area (Å²) in [4.78, 5) is 27.6. The van der Waals surface area contributed by atoms with E-state index in [1.165, 1.54) is 22.6 Å². The minimum atomic E-state index is -0.328. The van der Waals surface area contributed by atoms with Crippen molar-refractivity contribution in [1.29, 1.82) is 0 Å². The zero-order chi connectivity index (χ0) is 20.1. The first kappa shape index (κ1) is 20.8. The molecule has 3 rings (SSSR count). The van der Waals surface area contributed by atoms with Crippen molar-refractivity contribution >= 4 is 56.9 Å². The molecule has 1 aliphatic rings. The van der Waals surface area contributed by atoms with Gasteiger partial charge >= 0.3 is 5.97 Å². The Hall–Kier alpha value is -1.97. The largest absolute Gasteiger partial charge is 0.462 e. The first-order valence-electron chi connectivity index (χ1n) is 9.25. The summed E-state index contributed by atoms with van der Waals surface area (Å²) in [5.41, 5.74) is 6.95. The number of hydrogen-bond donors (Lipinski definition) is 3. The number of esters is 1. The molecule has 0 saturated carbocycles. The number of amides is 1. The number of hydrogen-bond acceptors (Lipinski definition) is 6. The van der Waals surface area contributed by atoms with E-state index in [4.69, 9.17) is 17.0 Å². The summed E-state index contributed by atoms with van der Waals surface area (Å²) in [5.74, 6) is -0.583. The van der Waals surface area contributed by atoms with Gasteiger partial charge in [0, 0.05) is 9.75 Å². The van der Waals surface area contributed by atoms with Gasteiger partial charge in [-0.3, -0.25) is 15.6 Å². The second-order valence-corrected chi connectivity index (χ2v) is 9.23. The predicted molar refractivity (Wildman–Crippen MR) is 117 cm³/mol. The number of fused-ring (bicyclic) bond motifs is 1. The Labute approximate surface area is 177 Å².